The number of aromatic nitrogens is 2. The number of amides is 1. The van der Waals surface area contributed by atoms with Crippen LogP contribution in [0.15, 0.2) is 35.5 Å². The summed E-state index contributed by atoms with van der Waals surface area (Å²) in [5.41, 5.74) is 2.83. The fourth-order valence-electron chi connectivity index (χ4n) is 3.14. The molecule has 162 valence electrons. The number of nitrogens with zero attached hydrogens (tertiary/aromatic N) is 3. The highest BCUT2D eigenvalue weighted by molar-refractivity contribution is 7.98. The largest absolute Gasteiger partial charge is 0.378 e. The summed E-state index contributed by atoms with van der Waals surface area (Å²) in [4.78, 5) is 25.4. The summed E-state index contributed by atoms with van der Waals surface area (Å²) in [5, 5.41) is 3.76. The van der Waals surface area contributed by atoms with Crippen LogP contribution in [0.1, 0.15) is 28.5 Å². The standard InChI is InChI=1S/C22H31N5O2S/c1-4-19-15-20(27-10-12-29-13-11-27)25-22(24-19)30-16-17-6-5-7-18(14-17)21(28)23-8-9-26(2)3/h5-7,14-15H,4,8-13,16H2,1-3H3,(H,23,28)/p+1. The topological polar surface area (TPSA) is 71.8 Å². The predicted molar refractivity (Wildman–Crippen MR) is 120 cm³/mol. The Morgan fingerprint density at radius 2 is 2.03 bits per heavy atom. The van der Waals surface area contributed by atoms with Crippen molar-refractivity contribution in [3.8, 4) is 0 Å². The summed E-state index contributed by atoms with van der Waals surface area (Å²) in [6, 6.07) is 9.87. The maximum absolute atomic E-state index is 12.4. The molecule has 0 saturated carbocycles. The molecule has 0 bridgehead atoms. The van der Waals surface area contributed by atoms with Crippen LogP contribution in [0.25, 0.3) is 0 Å². The molecule has 1 aliphatic heterocycles. The Bertz CT molecular complexity index is 840. The van der Waals surface area contributed by atoms with Crippen LogP contribution in [0.2, 0.25) is 0 Å². The number of benzene rings is 1. The lowest BCUT2D eigenvalue weighted by Gasteiger charge is -2.28. The SMILES string of the molecule is CCc1cc(N2CCOCC2)nc(SCc2cccc(C(=O)NCC[NH+](C)C)c2)n1. The van der Waals surface area contributed by atoms with Crippen LogP contribution in [0, 0.1) is 0 Å². The maximum atomic E-state index is 12.4. The first-order valence-corrected chi connectivity index (χ1v) is 11.5. The lowest BCUT2D eigenvalue weighted by atomic mass is 10.1. The van der Waals surface area contributed by atoms with Crippen molar-refractivity contribution < 1.29 is 14.4 Å². The first-order chi connectivity index (χ1) is 14.5. The van der Waals surface area contributed by atoms with Crippen LogP contribution in [0.4, 0.5) is 5.82 Å². The van der Waals surface area contributed by atoms with Crippen molar-refractivity contribution in [2.45, 2.75) is 24.3 Å². The minimum absolute atomic E-state index is 0.0260. The summed E-state index contributed by atoms with van der Waals surface area (Å²) in [6.45, 7) is 6.87. The van der Waals surface area contributed by atoms with E-state index in [1.54, 1.807) is 11.8 Å². The molecule has 0 unspecified atom stereocenters. The number of carbonyl (C=O) groups excluding carboxylic acids is 1. The van der Waals surface area contributed by atoms with Crippen LogP contribution < -0.4 is 15.1 Å². The second kappa shape index (κ2) is 11.3. The van der Waals surface area contributed by atoms with E-state index in [9.17, 15) is 4.79 Å². The van der Waals surface area contributed by atoms with E-state index < -0.39 is 0 Å². The Morgan fingerprint density at radius 3 is 2.77 bits per heavy atom. The predicted octanol–water partition coefficient (Wildman–Crippen LogP) is 1.04. The molecule has 0 spiro atoms. The maximum Gasteiger partial charge on any atom is 0.251 e. The molecule has 0 aliphatic carbocycles. The molecule has 1 aromatic carbocycles. The number of nitrogens with one attached hydrogen (secondary N) is 2. The molecule has 2 aromatic rings. The first kappa shape index (κ1) is 22.5. The van der Waals surface area contributed by atoms with Crippen molar-refractivity contribution in [2.75, 3.05) is 58.4 Å². The first-order valence-electron chi connectivity index (χ1n) is 10.5. The quantitative estimate of drug-likeness (QED) is 0.458. The normalized spacial score (nSPS) is 14.2. The van der Waals surface area contributed by atoms with Crippen molar-refractivity contribution in [3.63, 3.8) is 0 Å². The van der Waals surface area contributed by atoms with Crippen molar-refractivity contribution in [1.82, 2.24) is 15.3 Å². The second-order valence-corrected chi connectivity index (χ2v) is 8.60. The number of aryl methyl sites for hydroxylation is 1. The smallest absolute Gasteiger partial charge is 0.251 e. The number of hydrogen-bond acceptors (Lipinski definition) is 6. The van der Waals surface area contributed by atoms with Gasteiger partial charge in [0.1, 0.15) is 5.82 Å². The lowest BCUT2D eigenvalue weighted by Crippen LogP contribution is -3.06. The number of morpholine rings is 1. The molecule has 1 saturated heterocycles. The molecule has 1 amide bonds. The van der Waals surface area contributed by atoms with E-state index in [0.717, 1.165) is 67.3 Å². The molecule has 1 fully saturated rings. The average Bonchev–Trinajstić information content (AvgIpc) is 2.78. The third-order valence-electron chi connectivity index (χ3n) is 4.91. The number of thioether (sulfide) groups is 1. The number of rotatable bonds is 9. The van der Waals surface area contributed by atoms with Gasteiger partial charge in [-0.3, -0.25) is 4.79 Å². The van der Waals surface area contributed by atoms with E-state index in [2.05, 4.69) is 42.3 Å². The highest BCUT2D eigenvalue weighted by atomic mass is 32.2. The van der Waals surface area contributed by atoms with E-state index in [1.807, 2.05) is 24.3 Å². The fourth-order valence-corrected chi connectivity index (χ4v) is 3.95. The van der Waals surface area contributed by atoms with Crippen LogP contribution in [-0.2, 0) is 16.9 Å². The van der Waals surface area contributed by atoms with E-state index in [0.29, 0.717) is 12.1 Å². The van der Waals surface area contributed by atoms with Crippen molar-refractivity contribution in [1.29, 1.82) is 0 Å². The molecule has 2 heterocycles. The van der Waals surface area contributed by atoms with Crippen LogP contribution in [0.3, 0.4) is 0 Å². The van der Waals surface area contributed by atoms with Gasteiger partial charge in [0.05, 0.1) is 40.4 Å². The number of anilines is 1. The fraction of sp³-hybridized carbons (Fsp3) is 0.500. The highest BCUT2D eigenvalue weighted by Crippen LogP contribution is 2.24. The van der Waals surface area contributed by atoms with Crippen molar-refractivity contribution >= 4 is 23.5 Å². The summed E-state index contributed by atoms with van der Waals surface area (Å²) < 4.78 is 5.46. The molecule has 30 heavy (non-hydrogen) atoms. The third kappa shape index (κ3) is 6.68. The zero-order valence-electron chi connectivity index (χ0n) is 18.1. The Hall–Kier alpha value is -2.16. The Labute approximate surface area is 183 Å². The van der Waals surface area contributed by atoms with E-state index in [1.165, 1.54) is 4.90 Å². The zero-order valence-corrected chi connectivity index (χ0v) is 18.9. The van der Waals surface area contributed by atoms with Gasteiger partial charge < -0.3 is 19.9 Å². The third-order valence-corrected chi connectivity index (χ3v) is 5.83. The molecule has 0 radical (unpaired) electrons. The number of carbonyl (C=O) groups is 1. The van der Waals surface area contributed by atoms with Gasteiger partial charge in [-0.15, -0.1) is 0 Å². The van der Waals surface area contributed by atoms with Gasteiger partial charge >= 0.3 is 0 Å². The monoisotopic (exact) mass is 430 g/mol. The Balaban J connectivity index is 1.64. The van der Waals surface area contributed by atoms with E-state index in [-0.39, 0.29) is 5.91 Å². The highest BCUT2D eigenvalue weighted by Gasteiger charge is 2.15. The molecule has 8 heteroatoms. The van der Waals surface area contributed by atoms with Gasteiger partial charge in [0.2, 0.25) is 0 Å². The minimum Gasteiger partial charge on any atom is -0.378 e. The van der Waals surface area contributed by atoms with Crippen molar-refractivity contribution in [2.24, 2.45) is 0 Å². The number of quaternary nitrogens is 1. The minimum atomic E-state index is -0.0260. The molecular formula is C22H32N5O2S+. The van der Waals surface area contributed by atoms with E-state index in [4.69, 9.17) is 9.72 Å². The van der Waals surface area contributed by atoms with Gasteiger partial charge in [-0.25, -0.2) is 9.97 Å². The van der Waals surface area contributed by atoms with Gasteiger partial charge in [-0.1, -0.05) is 30.8 Å². The van der Waals surface area contributed by atoms with Crippen LogP contribution in [-0.4, -0.2) is 69.4 Å². The molecule has 7 nitrogen and oxygen atoms in total. The number of ether oxygens (including phenoxy) is 1. The van der Waals surface area contributed by atoms with Crippen LogP contribution >= 0.6 is 11.8 Å². The summed E-state index contributed by atoms with van der Waals surface area (Å²) in [6.07, 6.45) is 0.873. The van der Waals surface area contributed by atoms with Gasteiger partial charge in [-0.2, -0.15) is 0 Å². The average molecular weight is 431 g/mol. The van der Waals surface area contributed by atoms with Crippen LogP contribution in [0.5, 0.6) is 0 Å². The van der Waals surface area contributed by atoms with E-state index >= 15 is 0 Å². The lowest BCUT2D eigenvalue weighted by molar-refractivity contribution is -0.856. The molecule has 0 atom stereocenters. The summed E-state index contributed by atoms with van der Waals surface area (Å²) >= 11 is 1.61. The molecule has 1 aliphatic rings. The second-order valence-electron chi connectivity index (χ2n) is 7.66. The van der Waals surface area contributed by atoms with Gasteiger partial charge in [0, 0.05) is 36.2 Å². The van der Waals surface area contributed by atoms with Crippen molar-refractivity contribution in [3.05, 3.63) is 47.2 Å². The van der Waals surface area contributed by atoms with Gasteiger partial charge in [0.25, 0.3) is 5.91 Å². The Kier molecular flexibility index (Phi) is 8.48. The van der Waals surface area contributed by atoms with Gasteiger partial charge in [0.15, 0.2) is 5.16 Å². The van der Waals surface area contributed by atoms with Gasteiger partial charge in [-0.05, 0) is 24.1 Å². The molecule has 2 N–H and O–H groups in total. The molecular weight excluding hydrogens is 398 g/mol. The summed E-state index contributed by atoms with van der Waals surface area (Å²) in [5.74, 6) is 1.67. The zero-order chi connectivity index (χ0) is 21.3. The summed E-state index contributed by atoms with van der Waals surface area (Å²) in [7, 11) is 4.15. The Morgan fingerprint density at radius 1 is 1.23 bits per heavy atom. The molecule has 3 rings (SSSR count). The molecule has 1 aromatic heterocycles. The number of likely N-dealkylation sites (N-methyl/N-ethyl adjacent to an activating group) is 1. The number of hydrogen-bond donors (Lipinski definition) is 2.